The van der Waals surface area contributed by atoms with Gasteiger partial charge in [-0.15, -0.1) is 0 Å². The number of carboxylic acids is 1. The van der Waals surface area contributed by atoms with Crippen molar-refractivity contribution in [3.8, 4) is 11.1 Å². The molecule has 1 heterocycles. The van der Waals surface area contributed by atoms with Crippen LogP contribution in [-0.4, -0.2) is 23.3 Å². The average Bonchev–Trinajstić information content (AvgIpc) is 3.71. The summed E-state index contributed by atoms with van der Waals surface area (Å²) in [7, 11) is 0. The molecule has 3 aromatic rings. The Kier molecular flexibility index (Phi) is 9.50. The Morgan fingerprint density at radius 2 is 1.46 bits per heavy atom. The van der Waals surface area contributed by atoms with E-state index in [0.717, 1.165) is 42.6 Å². The molecule has 1 N–H and O–H groups in total. The molecule has 0 aromatic heterocycles. The molecule has 0 spiro atoms. The van der Waals surface area contributed by atoms with Gasteiger partial charge in [0, 0.05) is 5.41 Å². The minimum atomic E-state index is -0.807. The maximum atomic E-state index is 10.9. The second-order valence-electron chi connectivity index (χ2n) is 9.75. The van der Waals surface area contributed by atoms with Crippen LogP contribution in [-0.2, 0) is 21.4 Å². The van der Waals surface area contributed by atoms with Gasteiger partial charge in [-0.05, 0) is 71.2 Å². The predicted molar refractivity (Wildman–Crippen MR) is 155 cm³/mol. The number of hydrogen-bond donors (Lipinski definition) is 1. The third kappa shape index (κ3) is 6.40. The summed E-state index contributed by atoms with van der Waals surface area (Å²) in [5, 5.41) is 9.00. The fourth-order valence-corrected chi connectivity index (χ4v) is 5.12. The number of aliphatic carboxylic acids is 1. The molecule has 1 fully saturated rings. The largest absolute Gasteiger partial charge is 0.481 e. The van der Waals surface area contributed by atoms with Gasteiger partial charge in [-0.25, -0.2) is 0 Å². The first-order valence-corrected chi connectivity index (χ1v) is 13.7. The Morgan fingerprint density at radius 1 is 0.919 bits per heavy atom. The fourth-order valence-electron chi connectivity index (χ4n) is 5.12. The van der Waals surface area contributed by atoms with Crippen LogP contribution in [0, 0.1) is 6.92 Å². The number of hydrogen-bond acceptors (Lipinski definition) is 2. The number of epoxide rings is 1. The van der Waals surface area contributed by atoms with Gasteiger partial charge in [0.2, 0.25) is 0 Å². The normalized spacial score (nSPS) is 16.8. The molecule has 1 atom stereocenters. The lowest BCUT2D eigenvalue weighted by Crippen LogP contribution is -2.26. The van der Waals surface area contributed by atoms with Crippen LogP contribution in [0.5, 0.6) is 0 Å². The highest BCUT2D eigenvalue weighted by atomic mass is 16.6. The van der Waals surface area contributed by atoms with Crippen LogP contribution in [0.25, 0.3) is 17.2 Å². The first kappa shape index (κ1) is 28.4. The van der Waals surface area contributed by atoms with E-state index in [0.29, 0.717) is 0 Å². The lowest BCUT2D eigenvalue weighted by atomic mass is 9.70. The Morgan fingerprint density at radius 3 is 1.92 bits per heavy atom. The zero-order chi connectivity index (χ0) is 27.1. The molecule has 0 amide bonds. The number of rotatable bonds is 10. The third-order valence-electron chi connectivity index (χ3n) is 7.79. The zero-order valence-corrected chi connectivity index (χ0v) is 23.3. The van der Waals surface area contributed by atoms with Gasteiger partial charge in [0.05, 0.1) is 13.0 Å². The summed E-state index contributed by atoms with van der Waals surface area (Å²) in [5.74, 6) is -0.807. The maximum absolute atomic E-state index is 10.9. The molecule has 4 rings (SSSR count). The maximum Gasteiger partial charge on any atom is 0.307 e. The number of carboxylic acid groups (broad SMARTS) is 1. The van der Waals surface area contributed by atoms with Gasteiger partial charge >= 0.3 is 5.97 Å². The number of benzene rings is 3. The van der Waals surface area contributed by atoms with Crippen molar-refractivity contribution in [2.75, 3.05) is 6.61 Å². The minimum Gasteiger partial charge on any atom is -0.481 e. The monoisotopic (exact) mass is 498 g/mol. The van der Waals surface area contributed by atoms with Crippen molar-refractivity contribution < 1.29 is 14.6 Å². The summed E-state index contributed by atoms with van der Waals surface area (Å²) >= 11 is 0. The average molecular weight is 499 g/mol. The van der Waals surface area contributed by atoms with E-state index in [4.69, 9.17) is 9.84 Å². The van der Waals surface area contributed by atoms with Crippen molar-refractivity contribution in [3.63, 3.8) is 0 Å². The molecule has 3 aromatic carbocycles. The molecule has 3 nitrogen and oxygen atoms in total. The number of aryl methyl sites for hydroxylation is 1. The molecule has 1 unspecified atom stereocenters. The van der Waals surface area contributed by atoms with Crippen LogP contribution in [0.15, 0.2) is 72.8 Å². The van der Waals surface area contributed by atoms with E-state index in [1.54, 1.807) is 0 Å². The molecule has 0 bridgehead atoms. The molecule has 1 aliphatic rings. The van der Waals surface area contributed by atoms with E-state index in [1.807, 2.05) is 38.1 Å². The zero-order valence-electron chi connectivity index (χ0n) is 23.3. The van der Waals surface area contributed by atoms with Gasteiger partial charge in [0.15, 0.2) is 0 Å². The molecule has 196 valence electrons. The third-order valence-corrected chi connectivity index (χ3v) is 7.79. The topological polar surface area (TPSA) is 49.8 Å². The second kappa shape index (κ2) is 12.4. The van der Waals surface area contributed by atoms with Crippen LogP contribution in [0.1, 0.15) is 81.7 Å². The minimum absolute atomic E-state index is 0.0406. The van der Waals surface area contributed by atoms with E-state index < -0.39 is 5.97 Å². The molecule has 0 aliphatic carbocycles. The van der Waals surface area contributed by atoms with Gasteiger partial charge in [0.1, 0.15) is 5.60 Å². The van der Waals surface area contributed by atoms with Crippen molar-refractivity contribution in [1.29, 1.82) is 0 Å². The van der Waals surface area contributed by atoms with Crippen molar-refractivity contribution in [1.82, 2.24) is 0 Å². The number of carbonyl (C=O) groups is 1. The highest BCUT2D eigenvalue weighted by molar-refractivity contribution is 5.71. The van der Waals surface area contributed by atoms with Crippen molar-refractivity contribution >= 4 is 12.0 Å². The van der Waals surface area contributed by atoms with Gasteiger partial charge in [-0.2, -0.15) is 0 Å². The van der Waals surface area contributed by atoms with Gasteiger partial charge < -0.3 is 9.84 Å². The lowest BCUT2D eigenvalue weighted by molar-refractivity contribution is -0.136. The first-order valence-electron chi connectivity index (χ1n) is 13.7. The highest BCUT2D eigenvalue weighted by Gasteiger charge is 2.39. The fraction of sp³-hybridized carbons (Fsp3) is 0.382. The van der Waals surface area contributed by atoms with Crippen molar-refractivity contribution in [3.05, 3.63) is 101 Å². The summed E-state index contributed by atoms with van der Waals surface area (Å²) in [6, 6.07) is 23.6. The quantitative estimate of drug-likeness (QED) is 0.285. The molecular formula is C34H42O3. The van der Waals surface area contributed by atoms with Gasteiger partial charge in [-0.3, -0.25) is 4.79 Å². The molecule has 0 radical (unpaired) electrons. The van der Waals surface area contributed by atoms with Crippen LogP contribution < -0.4 is 0 Å². The summed E-state index contributed by atoms with van der Waals surface area (Å²) < 4.78 is 5.63. The lowest BCUT2D eigenvalue weighted by Gasteiger charge is -2.34. The van der Waals surface area contributed by atoms with E-state index in [9.17, 15) is 4.79 Å². The molecule has 1 saturated heterocycles. The van der Waals surface area contributed by atoms with E-state index in [-0.39, 0.29) is 17.4 Å². The Labute approximate surface area is 223 Å². The SMILES string of the molecule is CC.CCC1(/C=C/c2ccc(C(CC)(CC)c3ccc(-c4ccc(CC(=O)O)cc4)cc3)cc2C)CO1. The second-order valence-corrected chi connectivity index (χ2v) is 9.75. The molecule has 1 aliphatic heterocycles. The van der Waals surface area contributed by atoms with Crippen LogP contribution in [0.3, 0.4) is 0 Å². The van der Waals surface area contributed by atoms with Crippen LogP contribution in [0.4, 0.5) is 0 Å². The van der Waals surface area contributed by atoms with Crippen molar-refractivity contribution in [2.24, 2.45) is 0 Å². The molecule has 0 saturated carbocycles. The number of ether oxygens (including phenoxy) is 1. The summed E-state index contributed by atoms with van der Waals surface area (Å²) in [4.78, 5) is 10.9. The Bertz CT molecular complexity index is 1190. The Hall–Kier alpha value is -3.17. The van der Waals surface area contributed by atoms with Crippen LogP contribution >= 0.6 is 0 Å². The first-order chi connectivity index (χ1) is 17.8. The van der Waals surface area contributed by atoms with E-state index in [1.165, 1.54) is 22.3 Å². The standard InChI is InChI=1S/C32H36O3.C2H6/c1-5-31(22-35-31)19-18-25-12-17-29(20-23(25)4)32(6-2,7-3)28-15-13-27(14-16-28)26-10-8-24(9-11-26)21-30(33)34;1-2/h8-20H,5-7,21-22H2,1-4H3,(H,33,34);1-2H3/b19-18+;. The summed E-state index contributed by atoms with van der Waals surface area (Å²) in [5.41, 5.74) is 8.19. The molecule has 3 heteroatoms. The summed E-state index contributed by atoms with van der Waals surface area (Å²) in [6.45, 7) is 13.7. The van der Waals surface area contributed by atoms with Gasteiger partial charge in [0.25, 0.3) is 0 Å². The molecular weight excluding hydrogens is 456 g/mol. The summed E-state index contributed by atoms with van der Waals surface area (Å²) in [6.07, 6.45) is 7.54. The van der Waals surface area contributed by atoms with E-state index in [2.05, 4.69) is 82.3 Å². The highest BCUT2D eigenvalue weighted by Crippen LogP contribution is 2.40. The van der Waals surface area contributed by atoms with Gasteiger partial charge in [-0.1, -0.05) is 107 Å². The smallest absolute Gasteiger partial charge is 0.307 e. The Balaban J connectivity index is 0.00000186. The van der Waals surface area contributed by atoms with Crippen LogP contribution in [0.2, 0.25) is 0 Å². The van der Waals surface area contributed by atoms with Crippen molar-refractivity contribution in [2.45, 2.75) is 78.2 Å². The predicted octanol–water partition coefficient (Wildman–Crippen LogP) is 8.61. The molecule has 37 heavy (non-hydrogen) atoms. The van der Waals surface area contributed by atoms with E-state index >= 15 is 0 Å².